The van der Waals surface area contributed by atoms with Gasteiger partial charge in [-0.1, -0.05) is 30.7 Å². The predicted molar refractivity (Wildman–Crippen MR) is 81.4 cm³/mol. The molecule has 0 saturated carbocycles. The monoisotopic (exact) mass is 310 g/mol. The van der Waals surface area contributed by atoms with Crippen molar-refractivity contribution in [1.29, 1.82) is 0 Å². The molecule has 6 heteroatoms. The number of carboxylic acids is 1. The number of carbonyl (C=O) groups excluding carboxylic acids is 1. The van der Waals surface area contributed by atoms with Crippen LogP contribution in [0.3, 0.4) is 0 Å². The molecule has 21 heavy (non-hydrogen) atoms. The molecule has 0 bridgehead atoms. The Bertz CT molecular complexity index is 535. The topological polar surface area (TPSA) is 69.6 Å². The molecule has 1 saturated heterocycles. The van der Waals surface area contributed by atoms with Crippen LogP contribution in [0.4, 0.5) is 5.69 Å². The molecule has 0 aromatic heterocycles. The second-order valence-corrected chi connectivity index (χ2v) is 5.87. The lowest BCUT2D eigenvalue weighted by molar-refractivity contribution is -0.142. The van der Waals surface area contributed by atoms with E-state index < -0.39 is 5.97 Å². The van der Waals surface area contributed by atoms with E-state index in [0.29, 0.717) is 30.2 Å². The molecule has 114 valence electrons. The highest BCUT2D eigenvalue weighted by atomic mass is 35.5. The third-order valence-corrected chi connectivity index (χ3v) is 4.14. The van der Waals surface area contributed by atoms with Gasteiger partial charge in [0.05, 0.1) is 16.6 Å². The fourth-order valence-corrected chi connectivity index (χ4v) is 2.79. The van der Waals surface area contributed by atoms with Gasteiger partial charge in [0, 0.05) is 26.1 Å². The van der Waals surface area contributed by atoms with Crippen molar-refractivity contribution >= 4 is 29.2 Å². The average Bonchev–Trinajstić information content (AvgIpc) is 2.80. The number of hydrogen-bond acceptors (Lipinski definition) is 3. The molecule has 1 heterocycles. The van der Waals surface area contributed by atoms with Crippen LogP contribution >= 0.6 is 11.6 Å². The summed E-state index contributed by atoms with van der Waals surface area (Å²) in [6.45, 7) is 3.72. The maximum absolute atomic E-state index is 11.9. The van der Waals surface area contributed by atoms with Gasteiger partial charge in [-0.05, 0) is 18.1 Å². The highest BCUT2D eigenvalue weighted by Crippen LogP contribution is 2.23. The van der Waals surface area contributed by atoms with Crippen LogP contribution in [0.2, 0.25) is 5.02 Å². The smallest absolute Gasteiger partial charge is 0.308 e. The van der Waals surface area contributed by atoms with Gasteiger partial charge in [-0.25, -0.2) is 0 Å². The first-order valence-corrected chi connectivity index (χ1v) is 7.34. The van der Waals surface area contributed by atoms with Gasteiger partial charge < -0.3 is 15.3 Å². The molecule has 1 aliphatic heterocycles. The lowest BCUT2D eigenvalue weighted by Crippen LogP contribution is -2.27. The van der Waals surface area contributed by atoms with E-state index in [1.54, 1.807) is 24.3 Å². The number of nitrogens with one attached hydrogen (secondary N) is 1. The molecular weight excluding hydrogens is 292 g/mol. The van der Waals surface area contributed by atoms with Crippen molar-refractivity contribution in [3.8, 4) is 0 Å². The van der Waals surface area contributed by atoms with Crippen molar-refractivity contribution < 1.29 is 14.7 Å². The SMILES string of the molecule is CC1CN(CCC(=O)Nc2ccccc2Cl)CC1C(=O)O. The third kappa shape index (κ3) is 4.19. The Hall–Kier alpha value is -1.59. The zero-order valence-electron chi connectivity index (χ0n) is 11.9. The number of anilines is 1. The van der Waals surface area contributed by atoms with Gasteiger partial charge >= 0.3 is 5.97 Å². The van der Waals surface area contributed by atoms with Crippen molar-refractivity contribution in [1.82, 2.24) is 4.90 Å². The van der Waals surface area contributed by atoms with Gasteiger partial charge in [0.15, 0.2) is 0 Å². The van der Waals surface area contributed by atoms with E-state index in [9.17, 15) is 9.59 Å². The Balaban J connectivity index is 1.80. The number of rotatable bonds is 5. The largest absolute Gasteiger partial charge is 0.481 e. The second-order valence-electron chi connectivity index (χ2n) is 5.46. The minimum atomic E-state index is -0.759. The van der Waals surface area contributed by atoms with Crippen molar-refractivity contribution in [2.45, 2.75) is 13.3 Å². The number of halogens is 1. The number of benzene rings is 1. The first-order chi connectivity index (χ1) is 9.97. The lowest BCUT2D eigenvalue weighted by Gasteiger charge is -2.15. The zero-order valence-corrected chi connectivity index (χ0v) is 12.6. The summed E-state index contributed by atoms with van der Waals surface area (Å²) in [4.78, 5) is 25.0. The number of para-hydroxylation sites is 1. The number of hydrogen-bond donors (Lipinski definition) is 2. The molecule has 1 amide bonds. The van der Waals surface area contributed by atoms with E-state index in [-0.39, 0.29) is 17.7 Å². The summed E-state index contributed by atoms with van der Waals surface area (Å²) in [5.74, 6) is -1.09. The molecule has 2 unspecified atom stereocenters. The summed E-state index contributed by atoms with van der Waals surface area (Å²) in [5.41, 5.74) is 0.599. The maximum Gasteiger partial charge on any atom is 0.308 e. The molecule has 1 fully saturated rings. The van der Waals surface area contributed by atoms with Crippen LogP contribution < -0.4 is 5.32 Å². The molecule has 1 aromatic rings. The molecular formula is C15H19ClN2O3. The van der Waals surface area contributed by atoms with E-state index in [0.717, 1.165) is 6.54 Å². The van der Waals surface area contributed by atoms with E-state index in [1.807, 2.05) is 11.8 Å². The van der Waals surface area contributed by atoms with E-state index >= 15 is 0 Å². The average molecular weight is 311 g/mol. The van der Waals surface area contributed by atoms with Gasteiger partial charge in [-0.15, -0.1) is 0 Å². The third-order valence-electron chi connectivity index (χ3n) is 3.81. The Morgan fingerprint density at radius 3 is 2.71 bits per heavy atom. The first-order valence-electron chi connectivity index (χ1n) is 6.97. The lowest BCUT2D eigenvalue weighted by atomic mass is 9.99. The fourth-order valence-electron chi connectivity index (χ4n) is 2.61. The van der Waals surface area contributed by atoms with Crippen LogP contribution in [-0.4, -0.2) is 41.5 Å². The maximum atomic E-state index is 11.9. The molecule has 5 nitrogen and oxygen atoms in total. The molecule has 2 rings (SSSR count). The second kappa shape index (κ2) is 6.91. The van der Waals surface area contributed by atoms with Crippen molar-refractivity contribution in [3.05, 3.63) is 29.3 Å². The molecule has 2 atom stereocenters. The Labute approximate surface area is 128 Å². The van der Waals surface area contributed by atoms with Crippen molar-refractivity contribution in [2.75, 3.05) is 25.0 Å². The molecule has 0 radical (unpaired) electrons. The number of likely N-dealkylation sites (tertiary alicyclic amines) is 1. The first kappa shape index (κ1) is 15.8. The normalized spacial score (nSPS) is 22.2. The van der Waals surface area contributed by atoms with Crippen LogP contribution in [0.1, 0.15) is 13.3 Å². The minimum Gasteiger partial charge on any atom is -0.481 e. The summed E-state index contributed by atoms with van der Waals surface area (Å²) in [7, 11) is 0. The summed E-state index contributed by atoms with van der Waals surface area (Å²) in [5, 5.41) is 12.4. The number of amides is 1. The summed E-state index contributed by atoms with van der Waals surface area (Å²) >= 11 is 5.98. The van der Waals surface area contributed by atoms with Crippen LogP contribution in [0.25, 0.3) is 0 Å². The minimum absolute atomic E-state index is 0.116. The molecule has 1 aromatic carbocycles. The Morgan fingerprint density at radius 1 is 1.38 bits per heavy atom. The van der Waals surface area contributed by atoms with Crippen molar-refractivity contribution in [2.24, 2.45) is 11.8 Å². The van der Waals surface area contributed by atoms with E-state index in [2.05, 4.69) is 5.32 Å². The van der Waals surface area contributed by atoms with Crippen molar-refractivity contribution in [3.63, 3.8) is 0 Å². The Kier molecular flexibility index (Phi) is 5.20. The number of carboxylic acid groups (broad SMARTS) is 1. The Morgan fingerprint density at radius 2 is 2.10 bits per heavy atom. The zero-order chi connectivity index (χ0) is 15.4. The number of carbonyl (C=O) groups is 2. The van der Waals surface area contributed by atoms with Gasteiger partial charge in [-0.3, -0.25) is 9.59 Å². The molecule has 1 aliphatic rings. The van der Waals surface area contributed by atoms with Crippen LogP contribution in [-0.2, 0) is 9.59 Å². The molecule has 2 N–H and O–H groups in total. The quantitative estimate of drug-likeness (QED) is 0.875. The summed E-state index contributed by atoms with van der Waals surface area (Å²) < 4.78 is 0. The van der Waals surface area contributed by atoms with E-state index in [4.69, 9.17) is 16.7 Å². The standard InChI is InChI=1S/C15H19ClN2O3/c1-10-8-18(9-11(10)15(20)21)7-6-14(19)17-13-5-3-2-4-12(13)16/h2-5,10-11H,6-9H2,1H3,(H,17,19)(H,20,21). The van der Waals surface area contributed by atoms with Crippen LogP contribution in [0.5, 0.6) is 0 Å². The highest BCUT2D eigenvalue weighted by molar-refractivity contribution is 6.33. The van der Waals surface area contributed by atoms with Crippen LogP contribution in [0, 0.1) is 11.8 Å². The highest BCUT2D eigenvalue weighted by Gasteiger charge is 2.34. The van der Waals surface area contributed by atoms with E-state index in [1.165, 1.54) is 0 Å². The van der Waals surface area contributed by atoms with Gasteiger partial charge in [-0.2, -0.15) is 0 Å². The summed E-state index contributed by atoms with van der Waals surface area (Å²) in [6.07, 6.45) is 0.324. The molecule has 0 spiro atoms. The number of aliphatic carboxylic acids is 1. The number of nitrogens with zero attached hydrogens (tertiary/aromatic N) is 1. The predicted octanol–water partition coefficient (Wildman–Crippen LogP) is 2.32. The van der Waals surface area contributed by atoms with Gasteiger partial charge in [0.2, 0.25) is 5.91 Å². The summed E-state index contributed by atoms with van der Waals surface area (Å²) in [6, 6.07) is 7.08. The molecule has 0 aliphatic carbocycles. The van der Waals surface area contributed by atoms with Crippen LogP contribution in [0.15, 0.2) is 24.3 Å². The van der Waals surface area contributed by atoms with Gasteiger partial charge in [0.1, 0.15) is 0 Å². The van der Waals surface area contributed by atoms with Gasteiger partial charge in [0.25, 0.3) is 0 Å². The fraction of sp³-hybridized carbons (Fsp3) is 0.467.